The minimum atomic E-state index is -4.56. The number of carbonyl (C=O) groups excluding carboxylic acids is 1. The summed E-state index contributed by atoms with van der Waals surface area (Å²) in [5.41, 5.74) is 7.46. The van der Waals surface area contributed by atoms with Crippen LogP contribution >= 0.6 is 0 Å². The molecule has 0 aliphatic heterocycles. The molecule has 0 unspecified atom stereocenters. The van der Waals surface area contributed by atoms with E-state index in [1.807, 2.05) is 6.07 Å². The molecule has 1 amide bonds. The van der Waals surface area contributed by atoms with Gasteiger partial charge in [-0.2, -0.15) is 13.2 Å². The fourth-order valence-electron chi connectivity index (χ4n) is 3.05. The lowest BCUT2D eigenvalue weighted by atomic mass is 10.0. The molecule has 9 heteroatoms. The molecule has 160 valence electrons. The third kappa shape index (κ3) is 4.41. The second kappa shape index (κ2) is 8.46. The number of hydrogen-bond donors (Lipinski definition) is 2. The van der Waals surface area contributed by atoms with Crippen molar-refractivity contribution in [2.45, 2.75) is 6.18 Å². The first-order valence-electron chi connectivity index (χ1n) is 9.44. The lowest BCUT2D eigenvalue weighted by Gasteiger charge is -2.14. The largest absolute Gasteiger partial charge is 0.433 e. The molecule has 0 saturated carbocycles. The summed E-state index contributed by atoms with van der Waals surface area (Å²) < 4.78 is 38.6. The van der Waals surface area contributed by atoms with Crippen LogP contribution in [0.2, 0.25) is 0 Å². The van der Waals surface area contributed by atoms with Crippen molar-refractivity contribution in [1.29, 1.82) is 0 Å². The van der Waals surface area contributed by atoms with Crippen LogP contribution in [0.3, 0.4) is 0 Å². The van der Waals surface area contributed by atoms with Crippen LogP contribution < -0.4 is 11.1 Å². The van der Waals surface area contributed by atoms with Crippen molar-refractivity contribution in [3.05, 3.63) is 90.5 Å². The highest BCUT2D eigenvalue weighted by atomic mass is 19.4. The molecular weight excluding hydrogens is 419 g/mol. The fraction of sp³-hybridized carbons (Fsp3) is 0.0435. The Morgan fingerprint density at radius 2 is 1.72 bits per heavy atom. The lowest BCUT2D eigenvalue weighted by molar-refractivity contribution is -0.141. The first-order chi connectivity index (χ1) is 15.3. The highest BCUT2D eigenvalue weighted by Gasteiger charge is 2.32. The smallest absolute Gasteiger partial charge is 0.396 e. The fourth-order valence-corrected chi connectivity index (χ4v) is 3.05. The molecule has 3 heterocycles. The van der Waals surface area contributed by atoms with Gasteiger partial charge >= 0.3 is 6.18 Å². The van der Waals surface area contributed by atoms with Crippen molar-refractivity contribution in [2.75, 3.05) is 11.1 Å². The number of rotatable bonds is 4. The monoisotopic (exact) mass is 435 g/mol. The molecule has 0 radical (unpaired) electrons. The van der Waals surface area contributed by atoms with Gasteiger partial charge in [0, 0.05) is 35.4 Å². The van der Waals surface area contributed by atoms with Gasteiger partial charge in [-0.25, -0.2) is 4.98 Å². The van der Waals surface area contributed by atoms with E-state index < -0.39 is 17.8 Å². The molecule has 1 aromatic carbocycles. The van der Waals surface area contributed by atoms with Crippen LogP contribution in [0.15, 0.2) is 79.3 Å². The first kappa shape index (κ1) is 21.0. The maximum Gasteiger partial charge on any atom is 0.433 e. The zero-order chi connectivity index (χ0) is 22.7. The first-order valence-corrected chi connectivity index (χ1v) is 9.44. The van der Waals surface area contributed by atoms with E-state index in [9.17, 15) is 18.0 Å². The summed E-state index contributed by atoms with van der Waals surface area (Å²) >= 11 is 0. The van der Waals surface area contributed by atoms with Gasteiger partial charge < -0.3 is 11.1 Å². The number of nitrogens with zero attached hydrogens (tertiary/aromatic N) is 3. The van der Waals surface area contributed by atoms with E-state index in [2.05, 4.69) is 20.3 Å². The third-order valence-electron chi connectivity index (χ3n) is 4.62. The Balaban J connectivity index is 1.81. The Hall–Kier alpha value is -4.27. The second-order valence-corrected chi connectivity index (χ2v) is 6.81. The number of nitrogens with one attached hydrogen (secondary N) is 1. The highest BCUT2D eigenvalue weighted by Crippen LogP contribution is 2.33. The van der Waals surface area contributed by atoms with Crippen molar-refractivity contribution >= 4 is 17.3 Å². The van der Waals surface area contributed by atoms with Gasteiger partial charge in [0.05, 0.1) is 22.6 Å². The maximum atomic E-state index is 13.0. The summed E-state index contributed by atoms with van der Waals surface area (Å²) in [6.45, 7) is 0. The van der Waals surface area contributed by atoms with E-state index in [4.69, 9.17) is 5.73 Å². The molecular formula is C23H16F3N5O. The van der Waals surface area contributed by atoms with Gasteiger partial charge in [-0.15, -0.1) is 0 Å². The molecule has 0 fully saturated rings. The van der Waals surface area contributed by atoms with Crippen LogP contribution in [0, 0.1) is 0 Å². The molecule has 6 nitrogen and oxygen atoms in total. The molecule has 4 rings (SSSR count). The molecule has 0 atom stereocenters. The molecule has 0 saturated heterocycles. The molecule has 32 heavy (non-hydrogen) atoms. The normalized spacial score (nSPS) is 11.2. The number of hydrogen-bond acceptors (Lipinski definition) is 5. The SMILES string of the molecule is Nc1c(C(=O)Nc2ccccc2)cc(-c2ccc(C(F)(F)F)nc2)nc1-c1cccnc1. The van der Waals surface area contributed by atoms with Gasteiger partial charge in [-0.1, -0.05) is 18.2 Å². The molecule has 0 spiro atoms. The number of alkyl halides is 3. The third-order valence-corrected chi connectivity index (χ3v) is 4.62. The maximum absolute atomic E-state index is 13.0. The number of halogens is 3. The Labute approximate surface area is 181 Å². The number of nitrogens with two attached hydrogens (primary N) is 1. The number of carbonyl (C=O) groups is 1. The number of para-hydroxylation sites is 1. The van der Waals surface area contributed by atoms with Gasteiger partial charge in [-0.05, 0) is 42.5 Å². The number of nitrogen functional groups attached to an aromatic ring is 1. The Morgan fingerprint density at radius 1 is 0.938 bits per heavy atom. The van der Waals surface area contributed by atoms with Gasteiger partial charge in [0.15, 0.2) is 0 Å². The van der Waals surface area contributed by atoms with E-state index in [1.165, 1.54) is 18.3 Å². The standard InChI is InChI=1S/C23H16F3N5O/c24-23(25,26)19-9-8-14(13-29-19)18-11-17(22(32)30-16-6-2-1-3-7-16)20(27)21(31-18)15-5-4-10-28-12-15/h1-13H,27H2,(H,30,32). The molecule has 4 aromatic rings. The number of amides is 1. The highest BCUT2D eigenvalue weighted by molar-refractivity contribution is 6.10. The van der Waals surface area contributed by atoms with Gasteiger partial charge in [-0.3, -0.25) is 14.8 Å². The second-order valence-electron chi connectivity index (χ2n) is 6.81. The van der Waals surface area contributed by atoms with E-state index in [0.717, 1.165) is 12.3 Å². The van der Waals surface area contributed by atoms with Crippen molar-refractivity contribution in [2.24, 2.45) is 0 Å². The lowest BCUT2D eigenvalue weighted by Crippen LogP contribution is -2.15. The number of benzene rings is 1. The molecule has 0 aliphatic rings. The summed E-state index contributed by atoms with van der Waals surface area (Å²) in [7, 11) is 0. The predicted octanol–water partition coefficient (Wildman–Crippen LogP) is 5.06. The van der Waals surface area contributed by atoms with Crippen LogP contribution in [0.1, 0.15) is 16.1 Å². The Kier molecular flexibility index (Phi) is 5.55. The molecule has 3 aromatic heterocycles. The van der Waals surface area contributed by atoms with E-state index in [-0.39, 0.29) is 22.6 Å². The van der Waals surface area contributed by atoms with Crippen molar-refractivity contribution in [3.8, 4) is 22.5 Å². The summed E-state index contributed by atoms with van der Waals surface area (Å²) in [5, 5.41) is 2.76. The number of anilines is 2. The van der Waals surface area contributed by atoms with Crippen molar-refractivity contribution < 1.29 is 18.0 Å². The predicted molar refractivity (Wildman–Crippen MR) is 115 cm³/mol. The number of aromatic nitrogens is 3. The van der Waals surface area contributed by atoms with Crippen LogP contribution in [0.4, 0.5) is 24.5 Å². The van der Waals surface area contributed by atoms with Crippen LogP contribution in [-0.2, 0) is 6.18 Å². The molecule has 3 N–H and O–H groups in total. The minimum absolute atomic E-state index is 0.120. The Bertz CT molecular complexity index is 1240. The van der Waals surface area contributed by atoms with E-state index in [0.29, 0.717) is 16.8 Å². The van der Waals surface area contributed by atoms with Crippen molar-refractivity contribution in [1.82, 2.24) is 15.0 Å². The topological polar surface area (TPSA) is 93.8 Å². The van der Waals surface area contributed by atoms with Gasteiger partial charge in [0.25, 0.3) is 5.91 Å². The molecule has 0 bridgehead atoms. The zero-order valence-electron chi connectivity index (χ0n) is 16.5. The molecule has 0 aliphatic carbocycles. The Morgan fingerprint density at radius 3 is 2.34 bits per heavy atom. The average Bonchev–Trinajstić information content (AvgIpc) is 2.80. The van der Waals surface area contributed by atoms with Gasteiger partial charge in [0.2, 0.25) is 0 Å². The summed E-state index contributed by atoms with van der Waals surface area (Å²) in [5.74, 6) is -0.484. The zero-order valence-corrected chi connectivity index (χ0v) is 16.5. The average molecular weight is 435 g/mol. The minimum Gasteiger partial charge on any atom is -0.396 e. The van der Waals surface area contributed by atoms with Crippen LogP contribution in [0.25, 0.3) is 22.5 Å². The van der Waals surface area contributed by atoms with Crippen LogP contribution in [0.5, 0.6) is 0 Å². The number of pyridine rings is 3. The summed E-state index contributed by atoms with van der Waals surface area (Å²) in [4.78, 5) is 25.0. The quantitative estimate of drug-likeness (QED) is 0.467. The summed E-state index contributed by atoms with van der Waals surface area (Å²) in [6.07, 6.45) is -0.388. The van der Waals surface area contributed by atoms with Crippen LogP contribution in [-0.4, -0.2) is 20.9 Å². The van der Waals surface area contributed by atoms with E-state index in [1.54, 1.807) is 42.6 Å². The summed E-state index contributed by atoms with van der Waals surface area (Å²) in [6, 6.07) is 15.7. The van der Waals surface area contributed by atoms with E-state index >= 15 is 0 Å². The van der Waals surface area contributed by atoms with Gasteiger partial charge in [0.1, 0.15) is 5.69 Å². The van der Waals surface area contributed by atoms with Crippen molar-refractivity contribution in [3.63, 3.8) is 0 Å².